The Balaban J connectivity index is 0.000000424. The number of pyridine rings is 1. The fourth-order valence-corrected chi connectivity index (χ4v) is 0.797. The Morgan fingerprint density at radius 3 is 2.38 bits per heavy atom. The summed E-state index contributed by atoms with van der Waals surface area (Å²) >= 11 is 0. The maximum Gasteiger partial charge on any atom is 0.0931 e. The van der Waals surface area contributed by atoms with Crippen LogP contribution in [0.3, 0.4) is 0 Å². The molecule has 1 N–H and O–H groups in total. The minimum absolute atomic E-state index is 0.458. The number of aliphatic hydroxyl groups is 1. The molecule has 1 atom stereocenters. The molecule has 1 rings (SSSR count). The molecule has 0 bridgehead atoms. The fourth-order valence-electron chi connectivity index (χ4n) is 0.797. The number of aryl methyl sites for hydroxylation is 1. The highest BCUT2D eigenvalue weighted by Crippen LogP contribution is 2.07. The largest absolute Gasteiger partial charge is 0.387 e. The van der Waals surface area contributed by atoms with E-state index in [1.54, 1.807) is 13.0 Å². The first kappa shape index (κ1) is 11.8. The summed E-state index contributed by atoms with van der Waals surface area (Å²) in [4.78, 5) is 4.12. The van der Waals surface area contributed by atoms with Crippen molar-refractivity contribution in [1.82, 2.24) is 4.98 Å². The van der Waals surface area contributed by atoms with E-state index in [0.717, 1.165) is 11.4 Å². The molecule has 2 nitrogen and oxygen atoms in total. The second-order valence-electron chi connectivity index (χ2n) is 2.79. The minimum Gasteiger partial charge on any atom is -0.387 e. The Kier molecular flexibility index (Phi) is 5.81. The SMILES string of the molecule is C=CC.Cc1cccc(C(C)O)n1. The van der Waals surface area contributed by atoms with Crippen molar-refractivity contribution in [2.75, 3.05) is 0 Å². The molecule has 72 valence electrons. The predicted octanol–water partition coefficient (Wildman–Crippen LogP) is 2.64. The van der Waals surface area contributed by atoms with Crippen LogP contribution in [0, 0.1) is 6.92 Å². The van der Waals surface area contributed by atoms with Gasteiger partial charge in [0.15, 0.2) is 0 Å². The molecule has 0 spiro atoms. The predicted molar refractivity (Wildman–Crippen MR) is 55.5 cm³/mol. The molecule has 1 aromatic rings. The van der Waals surface area contributed by atoms with E-state index in [2.05, 4.69) is 11.6 Å². The normalized spacial score (nSPS) is 11.1. The lowest BCUT2D eigenvalue weighted by Gasteiger charge is -2.02. The number of aliphatic hydroxyl groups excluding tert-OH is 1. The van der Waals surface area contributed by atoms with E-state index < -0.39 is 6.10 Å². The van der Waals surface area contributed by atoms with Crippen molar-refractivity contribution in [3.8, 4) is 0 Å². The topological polar surface area (TPSA) is 33.1 Å². The molecule has 0 aromatic carbocycles. The van der Waals surface area contributed by atoms with Gasteiger partial charge in [-0.1, -0.05) is 12.1 Å². The van der Waals surface area contributed by atoms with Crippen LogP contribution in [-0.4, -0.2) is 10.1 Å². The molecule has 0 aliphatic carbocycles. The number of hydrogen-bond acceptors (Lipinski definition) is 2. The zero-order valence-electron chi connectivity index (χ0n) is 8.49. The van der Waals surface area contributed by atoms with Gasteiger partial charge >= 0.3 is 0 Å². The average molecular weight is 179 g/mol. The van der Waals surface area contributed by atoms with E-state index >= 15 is 0 Å². The molecule has 13 heavy (non-hydrogen) atoms. The molecule has 2 heteroatoms. The van der Waals surface area contributed by atoms with E-state index in [9.17, 15) is 0 Å². The molecule has 0 saturated heterocycles. The van der Waals surface area contributed by atoms with E-state index in [4.69, 9.17) is 5.11 Å². The lowest BCUT2D eigenvalue weighted by molar-refractivity contribution is 0.194. The van der Waals surface area contributed by atoms with Gasteiger partial charge < -0.3 is 5.11 Å². The van der Waals surface area contributed by atoms with E-state index in [1.807, 2.05) is 32.0 Å². The smallest absolute Gasteiger partial charge is 0.0931 e. The molecule has 0 radical (unpaired) electrons. The van der Waals surface area contributed by atoms with Gasteiger partial charge in [-0.25, -0.2) is 0 Å². The van der Waals surface area contributed by atoms with Crippen LogP contribution in [0.2, 0.25) is 0 Å². The Morgan fingerprint density at radius 2 is 2.08 bits per heavy atom. The third-order valence-corrected chi connectivity index (χ3v) is 1.34. The van der Waals surface area contributed by atoms with Gasteiger partial charge in [0.25, 0.3) is 0 Å². The Hall–Kier alpha value is -1.15. The number of aromatic nitrogens is 1. The maximum absolute atomic E-state index is 9.09. The summed E-state index contributed by atoms with van der Waals surface area (Å²) in [7, 11) is 0. The van der Waals surface area contributed by atoms with Gasteiger partial charge in [0.2, 0.25) is 0 Å². The van der Waals surface area contributed by atoms with Crippen molar-refractivity contribution < 1.29 is 5.11 Å². The molecule has 0 amide bonds. The Labute approximate surface area is 80.0 Å². The number of hydrogen-bond donors (Lipinski definition) is 1. The highest BCUT2D eigenvalue weighted by molar-refractivity contribution is 5.11. The van der Waals surface area contributed by atoms with Gasteiger partial charge in [-0.05, 0) is 32.9 Å². The molecule has 0 fully saturated rings. The number of allylic oxidation sites excluding steroid dienone is 1. The molecular weight excluding hydrogens is 162 g/mol. The Morgan fingerprint density at radius 1 is 1.54 bits per heavy atom. The first-order chi connectivity index (χ1) is 6.11. The third kappa shape index (κ3) is 5.15. The van der Waals surface area contributed by atoms with Crippen LogP contribution in [0.1, 0.15) is 31.3 Å². The Bertz CT molecular complexity index is 256. The average Bonchev–Trinajstić information content (AvgIpc) is 2.05. The molecule has 0 aliphatic rings. The van der Waals surface area contributed by atoms with E-state index in [-0.39, 0.29) is 0 Å². The highest BCUT2D eigenvalue weighted by atomic mass is 16.3. The summed E-state index contributed by atoms with van der Waals surface area (Å²) in [6.45, 7) is 8.87. The summed E-state index contributed by atoms with van der Waals surface area (Å²) in [5.74, 6) is 0. The maximum atomic E-state index is 9.09. The molecular formula is C11H17NO. The van der Waals surface area contributed by atoms with Crippen LogP contribution in [-0.2, 0) is 0 Å². The molecule has 1 aromatic heterocycles. The van der Waals surface area contributed by atoms with Gasteiger partial charge in [0.05, 0.1) is 11.8 Å². The van der Waals surface area contributed by atoms with Crippen molar-refractivity contribution in [2.24, 2.45) is 0 Å². The lowest BCUT2D eigenvalue weighted by Crippen LogP contribution is -1.95. The van der Waals surface area contributed by atoms with Crippen LogP contribution in [0.15, 0.2) is 30.9 Å². The first-order valence-corrected chi connectivity index (χ1v) is 4.30. The van der Waals surface area contributed by atoms with Gasteiger partial charge in [0, 0.05) is 5.69 Å². The minimum atomic E-state index is -0.458. The van der Waals surface area contributed by atoms with Gasteiger partial charge in [-0.2, -0.15) is 0 Å². The summed E-state index contributed by atoms with van der Waals surface area (Å²) in [6.07, 6.45) is 1.29. The molecule has 0 saturated carbocycles. The standard InChI is InChI=1S/C8H11NO.C3H6/c1-6-4-3-5-8(9-6)7(2)10;1-3-2/h3-5,7,10H,1-2H3;3H,1H2,2H3. The lowest BCUT2D eigenvalue weighted by atomic mass is 10.2. The highest BCUT2D eigenvalue weighted by Gasteiger charge is 1.99. The van der Waals surface area contributed by atoms with E-state index in [0.29, 0.717) is 0 Å². The van der Waals surface area contributed by atoms with Crippen molar-refractivity contribution in [2.45, 2.75) is 26.9 Å². The van der Waals surface area contributed by atoms with Crippen LogP contribution < -0.4 is 0 Å². The van der Waals surface area contributed by atoms with Crippen LogP contribution in [0.25, 0.3) is 0 Å². The molecule has 0 aliphatic heterocycles. The van der Waals surface area contributed by atoms with Gasteiger partial charge in [-0.15, -0.1) is 6.58 Å². The first-order valence-electron chi connectivity index (χ1n) is 4.30. The second-order valence-corrected chi connectivity index (χ2v) is 2.79. The van der Waals surface area contributed by atoms with Crippen molar-refractivity contribution >= 4 is 0 Å². The van der Waals surface area contributed by atoms with Crippen LogP contribution in [0.4, 0.5) is 0 Å². The summed E-state index contributed by atoms with van der Waals surface area (Å²) < 4.78 is 0. The van der Waals surface area contributed by atoms with Gasteiger partial charge in [0.1, 0.15) is 0 Å². The number of rotatable bonds is 1. The number of nitrogens with zero attached hydrogens (tertiary/aromatic N) is 1. The van der Waals surface area contributed by atoms with Crippen molar-refractivity contribution in [3.05, 3.63) is 42.2 Å². The van der Waals surface area contributed by atoms with E-state index in [1.165, 1.54) is 0 Å². The van der Waals surface area contributed by atoms with Gasteiger partial charge in [-0.3, -0.25) is 4.98 Å². The second kappa shape index (κ2) is 6.38. The zero-order chi connectivity index (χ0) is 10.3. The van der Waals surface area contributed by atoms with Crippen molar-refractivity contribution in [3.63, 3.8) is 0 Å². The summed E-state index contributed by atoms with van der Waals surface area (Å²) in [5, 5.41) is 9.09. The fraction of sp³-hybridized carbons (Fsp3) is 0.364. The summed E-state index contributed by atoms with van der Waals surface area (Å²) in [6, 6.07) is 5.62. The zero-order valence-corrected chi connectivity index (χ0v) is 8.49. The van der Waals surface area contributed by atoms with Crippen molar-refractivity contribution in [1.29, 1.82) is 0 Å². The molecule has 1 heterocycles. The van der Waals surface area contributed by atoms with Crippen LogP contribution in [0.5, 0.6) is 0 Å². The molecule has 1 unspecified atom stereocenters. The third-order valence-electron chi connectivity index (χ3n) is 1.34. The quantitative estimate of drug-likeness (QED) is 0.672. The summed E-state index contributed by atoms with van der Waals surface area (Å²) in [5.41, 5.74) is 1.68. The monoisotopic (exact) mass is 179 g/mol. The van der Waals surface area contributed by atoms with Crippen LogP contribution >= 0.6 is 0 Å².